The largest absolute Gasteiger partial charge is 0.460 e. The number of hydrogen-bond donors (Lipinski definition) is 0. The van der Waals surface area contributed by atoms with Crippen LogP contribution in [0.15, 0.2) is 24.3 Å². The third kappa shape index (κ3) is 5.96. The predicted octanol–water partition coefficient (Wildman–Crippen LogP) is 5.35. The number of carbonyl (C=O) groups is 1. The predicted molar refractivity (Wildman–Crippen MR) is 84.2 cm³/mol. The van der Waals surface area contributed by atoms with Crippen molar-refractivity contribution in [1.82, 2.24) is 0 Å². The lowest BCUT2D eigenvalue weighted by Crippen LogP contribution is -2.27. The molecule has 0 aliphatic rings. The van der Waals surface area contributed by atoms with Gasteiger partial charge in [-0.15, -0.1) is 0 Å². The number of esters is 1. The molecule has 1 unspecified atom stereocenters. The number of carbonyl (C=O) groups excluding carboxylic acids is 1. The van der Waals surface area contributed by atoms with Gasteiger partial charge in [-0.25, -0.2) is 0 Å². The standard InChI is InChI=1S/C17H25ClO2/c1-5-16(19)20-17(3,4)12-6-7-13(2)14-8-10-15(18)11-9-14/h8-11,13H,5-7,12H2,1-4H3. The molecule has 0 saturated carbocycles. The summed E-state index contributed by atoms with van der Waals surface area (Å²) in [5.41, 5.74) is 0.935. The molecule has 0 fully saturated rings. The highest BCUT2D eigenvalue weighted by atomic mass is 35.5. The first-order chi connectivity index (χ1) is 9.34. The molecule has 0 N–H and O–H groups in total. The van der Waals surface area contributed by atoms with Crippen LogP contribution < -0.4 is 0 Å². The van der Waals surface area contributed by atoms with Gasteiger partial charge in [0.1, 0.15) is 5.60 Å². The van der Waals surface area contributed by atoms with Crippen LogP contribution in [-0.2, 0) is 9.53 Å². The van der Waals surface area contributed by atoms with Gasteiger partial charge in [0.15, 0.2) is 0 Å². The number of ether oxygens (including phenoxy) is 1. The van der Waals surface area contributed by atoms with E-state index in [9.17, 15) is 4.79 Å². The van der Waals surface area contributed by atoms with Crippen molar-refractivity contribution >= 4 is 17.6 Å². The molecule has 112 valence electrons. The molecule has 0 aliphatic carbocycles. The zero-order chi connectivity index (χ0) is 15.2. The lowest BCUT2D eigenvalue weighted by Gasteiger charge is -2.25. The molecule has 1 atom stereocenters. The summed E-state index contributed by atoms with van der Waals surface area (Å²) in [5.74, 6) is 0.366. The lowest BCUT2D eigenvalue weighted by atomic mass is 9.92. The second-order valence-electron chi connectivity index (χ2n) is 5.93. The van der Waals surface area contributed by atoms with Gasteiger partial charge in [0.05, 0.1) is 0 Å². The molecular formula is C17H25ClO2. The van der Waals surface area contributed by atoms with Crippen molar-refractivity contribution in [2.45, 2.75) is 64.9 Å². The fourth-order valence-corrected chi connectivity index (χ4v) is 2.35. The van der Waals surface area contributed by atoms with Gasteiger partial charge in [0.25, 0.3) is 0 Å². The molecule has 1 aromatic carbocycles. The van der Waals surface area contributed by atoms with Crippen LogP contribution in [-0.4, -0.2) is 11.6 Å². The van der Waals surface area contributed by atoms with Crippen molar-refractivity contribution in [1.29, 1.82) is 0 Å². The van der Waals surface area contributed by atoms with Crippen molar-refractivity contribution in [2.75, 3.05) is 0 Å². The average molecular weight is 297 g/mol. The zero-order valence-electron chi connectivity index (χ0n) is 12.9. The number of benzene rings is 1. The molecular weight excluding hydrogens is 272 g/mol. The molecule has 0 aliphatic heterocycles. The molecule has 0 bridgehead atoms. The Hall–Kier alpha value is -1.02. The second kappa shape index (κ2) is 7.68. The van der Waals surface area contributed by atoms with Crippen molar-refractivity contribution in [3.8, 4) is 0 Å². The molecule has 0 amide bonds. The van der Waals surface area contributed by atoms with Crippen molar-refractivity contribution < 1.29 is 9.53 Å². The maximum absolute atomic E-state index is 11.3. The summed E-state index contributed by atoms with van der Waals surface area (Å²) in [6, 6.07) is 8.02. The highest BCUT2D eigenvalue weighted by Gasteiger charge is 2.22. The van der Waals surface area contributed by atoms with E-state index in [1.54, 1.807) is 0 Å². The van der Waals surface area contributed by atoms with Crippen LogP contribution in [0.3, 0.4) is 0 Å². The van der Waals surface area contributed by atoms with Gasteiger partial charge in [0, 0.05) is 11.4 Å². The van der Waals surface area contributed by atoms with E-state index in [2.05, 4.69) is 19.1 Å². The summed E-state index contributed by atoms with van der Waals surface area (Å²) in [7, 11) is 0. The third-order valence-corrected chi connectivity index (χ3v) is 3.79. The van der Waals surface area contributed by atoms with E-state index in [-0.39, 0.29) is 11.6 Å². The van der Waals surface area contributed by atoms with Crippen LogP contribution in [0.5, 0.6) is 0 Å². The first kappa shape index (κ1) is 17.0. The van der Waals surface area contributed by atoms with Gasteiger partial charge in [-0.2, -0.15) is 0 Å². The summed E-state index contributed by atoms with van der Waals surface area (Å²) in [4.78, 5) is 11.3. The van der Waals surface area contributed by atoms with Crippen molar-refractivity contribution in [3.05, 3.63) is 34.9 Å². The van der Waals surface area contributed by atoms with E-state index in [0.717, 1.165) is 24.3 Å². The van der Waals surface area contributed by atoms with Crippen LogP contribution in [0.4, 0.5) is 0 Å². The van der Waals surface area contributed by atoms with E-state index in [0.29, 0.717) is 12.3 Å². The maximum Gasteiger partial charge on any atom is 0.306 e. The molecule has 1 aromatic rings. The van der Waals surface area contributed by atoms with Crippen LogP contribution >= 0.6 is 11.6 Å². The zero-order valence-corrected chi connectivity index (χ0v) is 13.7. The SMILES string of the molecule is CCC(=O)OC(C)(C)CCCC(C)c1ccc(Cl)cc1. The quantitative estimate of drug-likeness (QED) is 0.634. The van der Waals surface area contributed by atoms with Gasteiger partial charge in [-0.1, -0.05) is 37.6 Å². The summed E-state index contributed by atoms with van der Waals surface area (Å²) >= 11 is 5.89. The molecule has 20 heavy (non-hydrogen) atoms. The fraction of sp³-hybridized carbons (Fsp3) is 0.588. The molecule has 0 radical (unpaired) electrons. The molecule has 0 saturated heterocycles. The minimum absolute atomic E-state index is 0.124. The fourth-order valence-electron chi connectivity index (χ4n) is 2.22. The Morgan fingerprint density at radius 1 is 1.30 bits per heavy atom. The summed E-state index contributed by atoms with van der Waals surface area (Å²) in [5, 5.41) is 0.772. The summed E-state index contributed by atoms with van der Waals surface area (Å²) in [6.45, 7) is 8.00. The van der Waals surface area contributed by atoms with Gasteiger partial charge < -0.3 is 4.74 Å². The molecule has 3 heteroatoms. The van der Waals surface area contributed by atoms with Gasteiger partial charge >= 0.3 is 5.97 Å². The van der Waals surface area contributed by atoms with E-state index in [4.69, 9.17) is 16.3 Å². The van der Waals surface area contributed by atoms with Crippen LogP contribution in [0.25, 0.3) is 0 Å². The van der Waals surface area contributed by atoms with Crippen molar-refractivity contribution in [3.63, 3.8) is 0 Å². The Morgan fingerprint density at radius 3 is 2.45 bits per heavy atom. The van der Waals surface area contributed by atoms with Gasteiger partial charge in [0.2, 0.25) is 0 Å². The van der Waals surface area contributed by atoms with Crippen LogP contribution in [0, 0.1) is 0 Å². The monoisotopic (exact) mass is 296 g/mol. The lowest BCUT2D eigenvalue weighted by molar-refractivity contribution is -0.156. The Kier molecular flexibility index (Phi) is 6.54. The highest BCUT2D eigenvalue weighted by molar-refractivity contribution is 6.30. The minimum Gasteiger partial charge on any atom is -0.460 e. The third-order valence-electron chi connectivity index (χ3n) is 3.53. The van der Waals surface area contributed by atoms with E-state index >= 15 is 0 Å². The van der Waals surface area contributed by atoms with E-state index in [1.807, 2.05) is 32.9 Å². The summed E-state index contributed by atoms with van der Waals surface area (Å²) < 4.78 is 5.43. The average Bonchev–Trinajstić information content (AvgIpc) is 2.38. The minimum atomic E-state index is -0.368. The highest BCUT2D eigenvalue weighted by Crippen LogP contribution is 2.26. The Bertz CT molecular complexity index is 423. The molecule has 0 heterocycles. The number of hydrogen-bond acceptors (Lipinski definition) is 2. The van der Waals surface area contributed by atoms with Crippen molar-refractivity contribution in [2.24, 2.45) is 0 Å². The first-order valence-corrected chi connectivity index (χ1v) is 7.69. The second-order valence-corrected chi connectivity index (χ2v) is 6.37. The normalized spacial score (nSPS) is 13.1. The molecule has 1 rings (SSSR count). The first-order valence-electron chi connectivity index (χ1n) is 7.31. The summed E-state index contributed by atoms with van der Waals surface area (Å²) in [6.07, 6.45) is 3.43. The van der Waals surface area contributed by atoms with Crippen LogP contribution in [0.1, 0.15) is 64.9 Å². The Balaban J connectivity index is 2.39. The Labute approximate surface area is 127 Å². The van der Waals surface area contributed by atoms with Gasteiger partial charge in [-0.05, 0) is 56.7 Å². The topological polar surface area (TPSA) is 26.3 Å². The molecule has 0 spiro atoms. The maximum atomic E-state index is 11.3. The van der Waals surface area contributed by atoms with Crippen LogP contribution in [0.2, 0.25) is 5.02 Å². The molecule has 0 aromatic heterocycles. The van der Waals surface area contributed by atoms with Gasteiger partial charge in [-0.3, -0.25) is 4.79 Å². The number of rotatable bonds is 7. The van der Waals surface area contributed by atoms with E-state index in [1.165, 1.54) is 5.56 Å². The molecule has 2 nitrogen and oxygen atoms in total. The smallest absolute Gasteiger partial charge is 0.306 e. The number of halogens is 1. The van der Waals surface area contributed by atoms with E-state index < -0.39 is 0 Å². The Morgan fingerprint density at radius 2 is 1.90 bits per heavy atom.